The van der Waals surface area contributed by atoms with Crippen LogP contribution >= 0.6 is 22.6 Å². The van der Waals surface area contributed by atoms with Gasteiger partial charge >= 0.3 is 0 Å². The molecule has 0 aliphatic heterocycles. The number of halogens is 1. The Labute approximate surface area is 96.2 Å². The highest BCUT2D eigenvalue weighted by Crippen LogP contribution is 2.22. The summed E-state index contributed by atoms with van der Waals surface area (Å²) in [7, 11) is 0. The van der Waals surface area contributed by atoms with Crippen molar-refractivity contribution in [2.45, 2.75) is 12.8 Å². The molecule has 0 unspecified atom stereocenters. The van der Waals surface area contributed by atoms with Gasteiger partial charge in [0.2, 0.25) is 0 Å². The third-order valence-corrected chi connectivity index (χ3v) is 3.32. The highest BCUT2D eigenvalue weighted by atomic mass is 127. The molecule has 4 heteroatoms. The number of nitrogens with two attached hydrogens (primary N) is 1. The van der Waals surface area contributed by atoms with Crippen LogP contribution < -0.4 is 5.73 Å². The van der Waals surface area contributed by atoms with Gasteiger partial charge in [-0.15, -0.1) is 0 Å². The molecule has 0 fully saturated rings. The Morgan fingerprint density at radius 3 is 3.14 bits per heavy atom. The van der Waals surface area contributed by atoms with Gasteiger partial charge in [-0.25, -0.2) is 4.98 Å². The van der Waals surface area contributed by atoms with Crippen molar-refractivity contribution in [3.8, 4) is 0 Å². The van der Waals surface area contributed by atoms with Crippen LogP contribution in [0.1, 0.15) is 18.4 Å². The first kappa shape index (κ1) is 9.92. The summed E-state index contributed by atoms with van der Waals surface area (Å²) in [5.41, 5.74) is 7.78. The molecule has 0 saturated heterocycles. The molecule has 0 aliphatic carbocycles. The molecule has 0 aromatic carbocycles. The van der Waals surface area contributed by atoms with Crippen molar-refractivity contribution in [3.63, 3.8) is 0 Å². The number of fused-ring (bicyclic) bond motifs is 1. The van der Waals surface area contributed by atoms with E-state index < -0.39 is 0 Å². The molecular weight excluding hydrogens is 289 g/mol. The van der Waals surface area contributed by atoms with Crippen LogP contribution in [0.15, 0.2) is 18.5 Å². The van der Waals surface area contributed by atoms with E-state index in [4.69, 9.17) is 5.73 Å². The minimum Gasteiger partial charge on any atom is -0.345 e. The van der Waals surface area contributed by atoms with Gasteiger partial charge in [0.25, 0.3) is 0 Å². The third-order valence-electron chi connectivity index (χ3n) is 2.42. The predicted molar refractivity (Wildman–Crippen MR) is 66.3 cm³/mol. The van der Waals surface area contributed by atoms with Crippen LogP contribution in [0.25, 0.3) is 11.0 Å². The van der Waals surface area contributed by atoms with Crippen molar-refractivity contribution in [1.29, 1.82) is 0 Å². The second-order valence-electron chi connectivity index (χ2n) is 3.44. The van der Waals surface area contributed by atoms with Crippen molar-refractivity contribution in [2.24, 2.45) is 5.73 Å². The van der Waals surface area contributed by atoms with Gasteiger partial charge in [-0.05, 0) is 46.7 Å². The molecule has 0 radical (unpaired) electrons. The lowest BCUT2D eigenvalue weighted by atomic mass is 10.0. The number of nitrogens with one attached hydrogen (secondary N) is 1. The first-order valence-corrected chi connectivity index (χ1v) is 5.63. The highest BCUT2D eigenvalue weighted by Gasteiger charge is 2.07. The van der Waals surface area contributed by atoms with Gasteiger partial charge in [-0.3, -0.25) is 0 Å². The summed E-state index contributed by atoms with van der Waals surface area (Å²) in [6.45, 7) is 2.77. The SMILES string of the molecule is C[C@@H](CN)c1cnc2[nH]cc(I)c2c1. The fourth-order valence-electron chi connectivity index (χ4n) is 1.39. The van der Waals surface area contributed by atoms with Gasteiger partial charge in [0.15, 0.2) is 0 Å². The number of H-pyrrole nitrogens is 1. The first-order valence-electron chi connectivity index (χ1n) is 4.55. The van der Waals surface area contributed by atoms with E-state index in [0.717, 1.165) is 5.65 Å². The molecule has 14 heavy (non-hydrogen) atoms. The van der Waals surface area contributed by atoms with E-state index in [1.807, 2.05) is 12.4 Å². The summed E-state index contributed by atoms with van der Waals surface area (Å²) in [5.74, 6) is 0.373. The number of hydrogen-bond donors (Lipinski definition) is 2. The van der Waals surface area contributed by atoms with Gasteiger partial charge in [-0.1, -0.05) is 6.92 Å². The highest BCUT2D eigenvalue weighted by molar-refractivity contribution is 14.1. The Morgan fingerprint density at radius 1 is 1.64 bits per heavy atom. The van der Waals surface area contributed by atoms with Gasteiger partial charge in [-0.2, -0.15) is 0 Å². The number of aromatic nitrogens is 2. The van der Waals surface area contributed by atoms with Crippen LogP contribution in [0.4, 0.5) is 0 Å². The third kappa shape index (κ3) is 1.64. The van der Waals surface area contributed by atoms with E-state index in [9.17, 15) is 0 Å². The van der Waals surface area contributed by atoms with E-state index in [-0.39, 0.29) is 0 Å². The van der Waals surface area contributed by atoms with Crippen molar-refractivity contribution < 1.29 is 0 Å². The van der Waals surface area contributed by atoms with Crippen LogP contribution in [0.2, 0.25) is 0 Å². The molecule has 2 rings (SSSR count). The fourth-order valence-corrected chi connectivity index (χ4v) is 1.96. The van der Waals surface area contributed by atoms with Gasteiger partial charge in [0.1, 0.15) is 5.65 Å². The normalized spacial score (nSPS) is 13.4. The Hall–Kier alpha value is -0.620. The lowest BCUT2D eigenvalue weighted by Gasteiger charge is -2.07. The molecular formula is C10H12IN3. The quantitative estimate of drug-likeness (QED) is 0.836. The van der Waals surface area contributed by atoms with Crippen LogP contribution in [-0.2, 0) is 0 Å². The largest absolute Gasteiger partial charge is 0.345 e. The van der Waals surface area contributed by atoms with Crippen molar-refractivity contribution >= 4 is 33.6 Å². The lowest BCUT2D eigenvalue weighted by Crippen LogP contribution is -2.08. The summed E-state index contributed by atoms with van der Waals surface area (Å²) in [4.78, 5) is 7.48. The van der Waals surface area contributed by atoms with Crippen molar-refractivity contribution in [1.82, 2.24) is 9.97 Å². The van der Waals surface area contributed by atoms with Crippen LogP contribution in [0.5, 0.6) is 0 Å². The summed E-state index contributed by atoms with van der Waals surface area (Å²) >= 11 is 2.30. The van der Waals surface area contributed by atoms with E-state index in [0.29, 0.717) is 12.5 Å². The zero-order chi connectivity index (χ0) is 10.1. The maximum atomic E-state index is 5.62. The second-order valence-corrected chi connectivity index (χ2v) is 4.60. The topological polar surface area (TPSA) is 54.7 Å². The molecule has 2 aromatic heterocycles. The van der Waals surface area contributed by atoms with E-state index >= 15 is 0 Å². The summed E-state index contributed by atoms with van der Waals surface area (Å²) in [6.07, 6.45) is 3.86. The molecule has 0 spiro atoms. The minimum atomic E-state index is 0.373. The summed E-state index contributed by atoms with van der Waals surface area (Å²) in [6, 6.07) is 2.16. The maximum absolute atomic E-state index is 5.62. The number of pyridine rings is 1. The average molecular weight is 301 g/mol. The van der Waals surface area contributed by atoms with E-state index in [2.05, 4.69) is 45.5 Å². The van der Waals surface area contributed by atoms with E-state index in [1.165, 1.54) is 14.5 Å². The number of nitrogens with zero attached hydrogens (tertiary/aromatic N) is 1. The zero-order valence-corrected chi connectivity index (χ0v) is 10.1. The van der Waals surface area contributed by atoms with Crippen LogP contribution in [0, 0.1) is 3.57 Å². The van der Waals surface area contributed by atoms with Gasteiger partial charge in [0, 0.05) is 21.4 Å². The summed E-state index contributed by atoms with van der Waals surface area (Å²) in [5, 5.41) is 1.18. The molecule has 1 atom stereocenters. The molecule has 0 aliphatic rings. The monoisotopic (exact) mass is 301 g/mol. The lowest BCUT2D eigenvalue weighted by molar-refractivity contribution is 0.771. The standard InChI is InChI=1S/C10H12IN3/c1-6(3-12)7-2-8-9(11)5-14-10(8)13-4-7/h2,4-6H,3,12H2,1H3,(H,13,14)/t6-/m0/s1. The van der Waals surface area contributed by atoms with Crippen molar-refractivity contribution in [2.75, 3.05) is 6.54 Å². The zero-order valence-electron chi connectivity index (χ0n) is 7.92. The van der Waals surface area contributed by atoms with Gasteiger partial charge < -0.3 is 10.7 Å². The number of aromatic amines is 1. The fraction of sp³-hybridized carbons (Fsp3) is 0.300. The van der Waals surface area contributed by atoms with Gasteiger partial charge in [0.05, 0.1) is 0 Å². The predicted octanol–water partition coefficient (Wildman–Crippen LogP) is 2.23. The molecule has 3 N–H and O–H groups in total. The smallest absolute Gasteiger partial charge is 0.138 e. The first-order chi connectivity index (χ1) is 6.72. The number of hydrogen-bond acceptors (Lipinski definition) is 2. The molecule has 2 aromatic rings. The molecule has 74 valence electrons. The Kier molecular flexibility index (Phi) is 2.73. The summed E-state index contributed by atoms with van der Waals surface area (Å²) < 4.78 is 1.20. The van der Waals surface area contributed by atoms with E-state index in [1.54, 1.807) is 0 Å². The molecule has 3 nitrogen and oxygen atoms in total. The van der Waals surface area contributed by atoms with Crippen LogP contribution in [0.3, 0.4) is 0 Å². The second kappa shape index (κ2) is 3.86. The molecule has 2 heterocycles. The minimum absolute atomic E-state index is 0.373. The van der Waals surface area contributed by atoms with Crippen molar-refractivity contribution in [3.05, 3.63) is 27.6 Å². The molecule has 0 saturated carbocycles. The van der Waals surface area contributed by atoms with Crippen LogP contribution in [-0.4, -0.2) is 16.5 Å². The molecule has 0 bridgehead atoms. The Balaban J connectivity index is 2.54. The Morgan fingerprint density at radius 2 is 2.43 bits per heavy atom. The molecule has 0 amide bonds. The number of rotatable bonds is 2. The Bertz CT molecular complexity index is 450. The maximum Gasteiger partial charge on any atom is 0.138 e. The average Bonchev–Trinajstić information content (AvgIpc) is 2.59.